The number of carbonyl (C=O) groups excluding carboxylic acids is 1. The van der Waals surface area contributed by atoms with Crippen LogP contribution in [0.3, 0.4) is 0 Å². The van der Waals surface area contributed by atoms with E-state index in [1.165, 1.54) is 6.26 Å². The van der Waals surface area contributed by atoms with Gasteiger partial charge in [-0.15, -0.1) is 0 Å². The molecular weight excluding hydrogens is 211 g/mol. The van der Waals surface area contributed by atoms with E-state index >= 15 is 0 Å². The van der Waals surface area contributed by atoms with Crippen molar-refractivity contribution in [3.63, 3.8) is 0 Å². The van der Waals surface area contributed by atoms with E-state index in [2.05, 4.69) is 0 Å². The lowest BCUT2D eigenvalue weighted by Crippen LogP contribution is -1.84. The highest BCUT2D eigenvalue weighted by Crippen LogP contribution is 2.14. The number of rotatable bonds is 3. The summed E-state index contributed by atoms with van der Waals surface area (Å²) in [5, 5.41) is 0. The van der Waals surface area contributed by atoms with Crippen molar-refractivity contribution >= 4 is 29.5 Å². The first-order valence-corrected chi connectivity index (χ1v) is 4.21. The van der Waals surface area contributed by atoms with Gasteiger partial charge < -0.3 is 4.74 Å². The Hall–Kier alpha value is -0.990. The van der Waals surface area contributed by atoms with Crippen LogP contribution >= 0.6 is 23.2 Å². The summed E-state index contributed by atoms with van der Waals surface area (Å²) in [6.45, 7) is 0. The first-order valence-electron chi connectivity index (χ1n) is 3.45. The molecule has 0 aromatic heterocycles. The molecule has 0 saturated carbocycles. The minimum absolute atomic E-state index is 0.0245. The summed E-state index contributed by atoms with van der Waals surface area (Å²) in [6.07, 6.45) is 1.92. The lowest BCUT2D eigenvalue weighted by Gasteiger charge is -1.99. The lowest BCUT2D eigenvalue weighted by molar-refractivity contribution is 0.112. The van der Waals surface area contributed by atoms with Crippen molar-refractivity contribution in [1.29, 1.82) is 0 Å². The summed E-state index contributed by atoms with van der Waals surface area (Å²) < 4.78 is 5.05. The van der Waals surface area contributed by atoms with Gasteiger partial charge in [-0.3, -0.25) is 4.79 Å². The van der Waals surface area contributed by atoms with Crippen LogP contribution in [0.15, 0.2) is 35.0 Å². The van der Waals surface area contributed by atoms with Gasteiger partial charge in [0.2, 0.25) is 0 Å². The zero-order chi connectivity index (χ0) is 9.68. The molecule has 1 rings (SSSR count). The topological polar surface area (TPSA) is 26.3 Å². The average Bonchev–Trinajstić information content (AvgIpc) is 2.15. The van der Waals surface area contributed by atoms with Crippen molar-refractivity contribution in [3.05, 3.63) is 40.6 Å². The number of carbonyl (C=O) groups is 1. The Morgan fingerprint density at radius 2 is 2.15 bits per heavy atom. The summed E-state index contributed by atoms with van der Waals surface area (Å²) in [7, 11) is 0. The van der Waals surface area contributed by atoms with Gasteiger partial charge in [0, 0.05) is 5.56 Å². The number of aldehydes is 1. The van der Waals surface area contributed by atoms with Gasteiger partial charge in [0.15, 0.2) is 0 Å². The predicted molar refractivity (Wildman–Crippen MR) is 52.2 cm³/mol. The molecule has 0 spiro atoms. The standard InChI is InChI=1S/C9H6Cl2O2/c10-9(11)6-13-8-3-1-2-7(4-8)5-12/h1-6H. The van der Waals surface area contributed by atoms with E-state index in [9.17, 15) is 4.79 Å². The molecule has 13 heavy (non-hydrogen) atoms. The fourth-order valence-electron chi connectivity index (χ4n) is 0.774. The van der Waals surface area contributed by atoms with Crippen LogP contribution in [0, 0.1) is 0 Å². The quantitative estimate of drug-likeness (QED) is 0.574. The molecule has 0 aliphatic heterocycles. The van der Waals surface area contributed by atoms with Gasteiger partial charge in [0.1, 0.15) is 22.8 Å². The highest BCUT2D eigenvalue weighted by atomic mass is 35.5. The Labute approximate surface area is 85.7 Å². The van der Waals surface area contributed by atoms with Gasteiger partial charge in [-0.2, -0.15) is 0 Å². The van der Waals surface area contributed by atoms with Crippen LogP contribution in [0.4, 0.5) is 0 Å². The lowest BCUT2D eigenvalue weighted by atomic mass is 10.2. The highest BCUT2D eigenvalue weighted by Gasteiger charge is 1.94. The van der Waals surface area contributed by atoms with Crippen molar-refractivity contribution < 1.29 is 9.53 Å². The Balaban J connectivity index is 2.77. The largest absolute Gasteiger partial charge is 0.462 e. The van der Waals surface area contributed by atoms with E-state index in [-0.39, 0.29) is 4.49 Å². The number of hydrogen-bond acceptors (Lipinski definition) is 2. The van der Waals surface area contributed by atoms with Crippen LogP contribution in [0.5, 0.6) is 5.75 Å². The molecule has 0 bridgehead atoms. The third-order valence-electron chi connectivity index (χ3n) is 1.28. The molecule has 68 valence electrons. The Morgan fingerprint density at radius 3 is 2.77 bits per heavy atom. The second kappa shape index (κ2) is 4.90. The number of benzene rings is 1. The molecule has 0 amide bonds. The monoisotopic (exact) mass is 216 g/mol. The second-order valence-electron chi connectivity index (χ2n) is 2.22. The Morgan fingerprint density at radius 1 is 1.38 bits per heavy atom. The van der Waals surface area contributed by atoms with Crippen LogP contribution in [0.1, 0.15) is 10.4 Å². The second-order valence-corrected chi connectivity index (χ2v) is 3.22. The molecule has 1 aromatic rings. The Kier molecular flexibility index (Phi) is 3.80. The van der Waals surface area contributed by atoms with Gasteiger partial charge in [-0.05, 0) is 12.1 Å². The van der Waals surface area contributed by atoms with Gasteiger partial charge in [0.05, 0.1) is 0 Å². The molecule has 0 heterocycles. The van der Waals surface area contributed by atoms with Crippen molar-refractivity contribution in [3.8, 4) is 5.75 Å². The van der Waals surface area contributed by atoms with Crippen LogP contribution < -0.4 is 4.74 Å². The Bertz CT molecular complexity index is 330. The van der Waals surface area contributed by atoms with Crippen molar-refractivity contribution in [2.45, 2.75) is 0 Å². The van der Waals surface area contributed by atoms with E-state index in [4.69, 9.17) is 27.9 Å². The summed E-state index contributed by atoms with van der Waals surface area (Å²) in [6, 6.07) is 6.65. The first-order chi connectivity index (χ1) is 6.22. The summed E-state index contributed by atoms with van der Waals surface area (Å²) in [4.78, 5) is 10.4. The molecule has 0 radical (unpaired) electrons. The van der Waals surface area contributed by atoms with E-state index in [0.717, 1.165) is 6.29 Å². The number of hydrogen-bond donors (Lipinski definition) is 0. The molecule has 1 aromatic carbocycles. The molecule has 0 aliphatic rings. The van der Waals surface area contributed by atoms with Crippen LogP contribution in [0.25, 0.3) is 0 Å². The zero-order valence-electron chi connectivity index (χ0n) is 6.54. The molecule has 2 nitrogen and oxygen atoms in total. The molecule has 4 heteroatoms. The molecular formula is C9H6Cl2O2. The number of ether oxygens (including phenoxy) is 1. The fourth-order valence-corrected chi connectivity index (χ4v) is 0.863. The predicted octanol–water partition coefficient (Wildman–Crippen LogP) is 3.15. The smallest absolute Gasteiger partial charge is 0.150 e. The first kappa shape index (κ1) is 10.1. The van der Waals surface area contributed by atoms with E-state index in [1.54, 1.807) is 24.3 Å². The zero-order valence-corrected chi connectivity index (χ0v) is 8.05. The highest BCUT2D eigenvalue weighted by molar-refractivity contribution is 6.55. The van der Waals surface area contributed by atoms with Gasteiger partial charge >= 0.3 is 0 Å². The van der Waals surface area contributed by atoms with E-state index in [0.29, 0.717) is 11.3 Å². The molecule has 0 aliphatic carbocycles. The maximum Gasteiger partial charge on any atom is 0.150 e. The van der Waals surface area contributed by atoms with Crippen LogP contribution in [-0.4, -0.2) is 6.29 Å². The third-order valence-corrected chi connectivity index (χ3v) is 1.46. The van der Waals surface area contributed by atoms with Gasteiger partial charge in [0.25, 0.3) is 0 Å². The molecule has 0 fully saturated rings. The molecule has 0 unspecified atom stereocenters. The minimum Gasteiger partial charge on any atom is -0.462 e. The van der Waals surface area contributed by atoms with E-state index in [1.807, 2.05) is 0 Å². The van der Waals surface area contributed by atoms with Crippen LogP contribution in [-0.2, 0) is 0 Å². The van der Waals surface area contributed by atoms with Gasteiger partial charge in [-0.1, -0.05) is 35.3 Å². The summed E-state index contributed by atoms with van der Waals surface area (Å²) in [5.41, 5.74) is 0.539. The molecule has 0 atom stereocenters. The molecule has 0 saturated heterocycles. The SMILES string of the molecule is O=Cc1cccc(OC=C(Cl)Cl)c1. The minimum atomic E-state index is 0.0245. The maximum absolute atomic E-state index is 10.4. The van der Waals surface area contributed by atoms with Crippen molar-refractivity contribution in [2.24, 2.45) is 0 Å². The summed E-state index contributed by atoms with van der Waals surface area (Å²) in [5.74, 6) is 0.517. The fraction of sp³-hybridized carbons (Fsp3) is 0. The maximum atomic E-state index is 10.4. The normalized spacial score (nSPS) is 9.08. The van der Waals surface area contributed by atoms with E-state index < -0.39 is 0 Å². The molecule has 0 N–H and O–H groups in total. The van der Waals surface area contributed by atoms with Gasteiger partial charge in [-0.25, -0.2) is 0 Å². The third kappa shape index (κ3) is 3.49. The summed E-state index contributed by atoms with van der Waals surface area (Å²) >= 11 is 10.7. The van der Waals surface area contributed by atoms with Crippen molar-refractivity contribution in [1.82, 2.24) is 0 Å². The number of halogens is 2. The van der Waals surface area contributed by atoms with Crippen LogP contribution in [0.2, 0.25) is 0 Å². The average molecular weight is 217 g/mol. The van der Waals surface area contributed by atoms with Crippen molar-refractivity contribution in [2.75, 3.05) is 0 Å².